The monoisotopic (exact) mass is 244 g/mol. The highest BCUT2D eigenvalue weighted by atomic mass is 32.2. The van der Waals surface area contributed by atoms with Gasteiger partial charge >= 0.3 is 0 Å². The van der Waals surface area contributed by atoms with Gasteiger partial charge in [-0.25, -0.2) is 8.42 Å². The van der Waals surface area contributed by atoms with E-state index in [-0.39, 0.29) is 0 Å². The van der Waals surface area contributed by atoms with Crippen LogP contribution in [0.25, 0.3) is 0 Å². The SMILES string of the molecule is CC(C)CSc1ccc(S(C)(=O)=O)cc1. The van der Waals surface area contributed by atoms with Gasteiger partial charge in [0, 0.05) is 16.9 Å². The highest BCUT2D eigenvalue weighted by molar-refractivity contribution is 7.99. The molecule has 0 saturated carbocycles. The van der Waals surface area contributed by atoms with Gasteiger partial charge in [-0.3, -0.25) is 0 Å². The molecule has 1 aromatic rings. The molecule has 0 amide bonds. The molecule has 0 radical (unpaired) electrons. The maximum atomic E-state index is 11.2. The van der Waals surface area contributed by atoms with E-state index in [1.807, 2.05) is 12.1 Å². The third-order valence-electron chi connectivity index (χ3n) is 1.84. The molecule has 4 heteroatoms. The summed E-state index contributed by atoms with van der Waals surface area (Å²) in [6.45, 7) is 4.33. The summed E-state index contributed by atoms with van der Waals surface area (Å²) in [6, 6.07) is 7.06. The van der Waals surface area contributed by atoms with Gasteiger partial charge in [-0.2, -0.15) is 0 Å². The van der Waals surface area contributed by atoms with E-state index in [0.717, 1.165) is 10.6 Å². The lowest BCUT2D eigenvalue weighted by Gasteiger charge is -2.05. The molecular weight excluding hydrogens is 228 g/mol. The van der Waals surface area contributed by atoms with Crippen LogP contribution in [0.2, 0.25) is 0 Å². The maximum Gasteiger partial charge on any atom is 0.175 e. The van der Waals surface area contributed by atoms with Crippen molar-refractivity contribution in [2.45, 2.75) is 23.6 Å². The highest BCUT2D eigenvalue weighted by Gasteiger charge is 2.06. The Hall–Kier alpha value is -0.480. The van der Waals surface area contributed by atoms with Gasteiger partial charge in [-0.15, -0.1) is 11.8 Å². The Morgan fingerprint density at radius 1 is 1.20 bits per heavy atom. The number of hydrogen-bond acceptors (Lipinski definition) is 3. The molecule has 0 unspecified atom stereocenters. The van der Waals surface area contributed by atoms with Gasteiger partial charge in [-0.1, -0.05) is 13.8 Å². The minimum Gasteiger partial charge on any atom is -0.224 e. The van der Waals surface area contributed by atoms with E-state index in [1.165, 1.54) is 6.26 Å². The number of rotatable bonds is 4. The summed E-state index contributed by atoms with van der Waals surface area (Å²) >= 11 is 1.75. The summed E-state index contributed by atoms with van der Waals surface area (Å²) in [5, 5.41) is 0. The van der Waals surface area contributed by atoms with Gasteiger partial charge in [0.15, 0.2) is 9.84 Å². The molecule has 0 aromatic heterocycles. The van der Waals surface area contributed by atoms with Gasteiger partial charge in [-0.05, 0) is 30.2 Å². The third kappa shape index (κ3) is 4.26. The van der Waals surface area contributed by atoms with Crippen molar-refractivity contribution in [3.8, 4) is 0 Å². The van der Waals surface area contributed by atoms with Crippen molar-refractivity contribution in [2.75, 3.05) is 12.0 Å². The molecule has 0 spiro atoms. The van der Waals surface area contributed by atoms with Gasteiger partial charge in [0.1, 0.15) is 0 Å². The molecule has 1 aromatic carbocycles. The average molecular weight is 244 g/mol. The second-order valence-corrected chi connectivity index (χ2v) is 7.06. The van der Waals surface area contributed by atoms with E-state index >= 15 is 0 Å². The van der Waals surface area contributed by atoms with E-state index in [0.29, 0.717) is 10.8 Å². The quantitative estimate of drug-likeness (QED) is 0.764. The topological polar surface area (TPSA) is 34.1 Å². The Balaban J connectivity index is 2.73. The molecule has 0 bridgehead atoms. The minimum absolute atomic E-state index is 0.386. The van der Waals surface area contributed by atoms with E-state index in [9.17, 15) is 8.42 Å². The Morgan fingerprint density at radius 3 is 2.13 bits per heavy atom. The predicted molar refractivity (Wildman–Crippen MR) is 65.1 cm³/mol. The second-order valence-electron chi connectivity index (χ2n) is 3.95. The molecule has 1 rings (SSSR count). The van der Waals surface area contributed by atoms with Crippen LogP contribution in [-0.2, 0) is 9.84 Å². The Labute approximate surface area is 96.0 Å². The van der Waals surface area contributed by atoms with Crippen LogP contribution in [0.5, 0.6) is 0 Å². The molecule has 0 heterocycles. The standard InChI is InChI=1S/C11H16O2S2/c1-9(2)8-14-10-4-6-11(7-5-10)15(3,12)13/h4-7,9H,8H2,1-3H3. The number of thioether (sulfide) groups is 1. The number of sulfone groups is 1. The second kappa shape index (κ2) is 5.03. The molecule has 0 saturated heterocycles. The first-order valence-electron chi connectivity index (χ1n) is 4.82. The normalized spacial score (nSPS) is 12.0. The van der Waals surface area contributed by atoms with Crippen LogP contribution >= 0.6 is 11.8 Å². The molecule has 0 fully saturated rings. The lowest BCUT2D eigenvalue weighted by molar-refractivity contribution is 0.602. The molecule has 0 aliphatic heterocycles. The summed E-state index contributed by atoms with van der Waals surface area (Å²) in [5.74, 6) is 1.70. The van der Waals surface area contributed by atoms with Crippen molar-refractivity contribution in [3.63, 3.8) is 0 Å². The first-order valence-corrected chi connectivity index (χ1v) is 7.70. The van der Waals surface area contributed by atoms with Crippen molar-refractivity contribution >= 4 is 21.6 Å². The van der Waals surface area contributed by atoms with Crippen molar-refractivity contribution in [1.29, 1.82) is 0 Å². The van der Waals surface area contributed by atoms with E-state index in [4.69, 9.17) is 0 Å². The first kappa shape index (κ1) is 12.6. The van der Waals surface area contributed by atoms with Crippen molar-refractivity contribution in [1.82, 2.24) is 0 Å². The Bertz CT molecular complexity index is 405. The Morgan fingerprint density at radius 2 is 1.73 bits per heavy atom. The van der Waals surface area contributed by atoms with Crippen LogP contribution in [0, 0.1) is 5.92 Å². The fourth-order valence-electron chi connectivity index (χ4n) is 1.05. The van der Waals surface area contributed by atoms with Gasteiger partial charge in [0.05, 0.1) is 4.90 Å². The molecule has 0 atom stereocenters. The van der Waals surface area contributed by atoms with Crippen LogP contribution in [0.3, 0.4) is 0 Å². The molecule has 84 valence electrons. The zero-order valence-electron chi connectivity index (χ0n) is 9.23. The third-order valence-corrected chi connectivity index (χ3v) is 4.40. The summed E-state index contributed by atoms with van der Waals surface area (Å²) in [6.07, 6.45) is 1.23. The lowest BCUT2D eigenvalue weighted by Crippen LogP contribution is -1.96. The van der Waals surface area contributed by atoms with Crippen molar-refractivity contribution in [3.05, 3.63) is 24.3 Å². The zero-order chi connectivity index (χ0) is 11.5. The van der Waals surface area contributed by atoms with Crippen molar-refractivity contribution < 1.29 is 8.42 Å². The fraction of sp³-hybridized carbons (Fsp3) is 0.455. The van der Waals surface area contributed by atoms with Crippen LogP contribution in [0.1, 0.15) is 13.8 Å². The summed E-state index contributed by atoms with van der Waals surface area (Å²) in [4.78, 5) is 1.51. The van der Waals surface area contributed by atoms with E-state index < -0.39 is 9.84 Å². The van der Waals surface area contributed by atoms with E-state index in [2.05, 4.69) is 13.8 Å². The lowest BCUT2D eigenvalue weighted by atomic mass is 10.3. The largest absolute Gasteiger partial charge is 0.224 e. The Kier molecular flexibility index (Phi) is 4.22. The van der Waals surface area contributed by atoms with Crippen LogP contribution < -0.4 is 0 Å². The zero-order valence-corrected chi connectivity index (χ0v) is 10.9. The van der Waals surface area contributed by atoms with Gasteiger partial charge < -0.3 is 0 Å². The van der Waals surface area contributed by atoms with Gasteiger partial charge in [0.25, 0.3) is 0 Å². The van der Waals surface area contributed by atoms with Crippen LogP contribution in [-0.4, -0.2) is 20.4 Å². The van der Waals surface area contributed by atoms with Gasteiger partial charge in [0.2, 0.25) is 0 Å². The molecule has 2 nitrogen and oxygen atoms in total. The summed E-state index contributed by atoms with van der Waals surface area (Å²) in [5.41, 5.74) is 0. The van der Waals surface area contributed by atoms with Crippen LogP contribution in [0.4, 0.5) is 0 Å². The first-order chi connectivity index (χ1) is 6.89. The fourth-order valence-corrected chi connectivity index (χ4v) is 2.53. The highest BCUT2D eigenvalue weighted by Crippen LogP contribution is 2.22. The van der Waals surface area contributed by atoms with Crippen LogP contribution in [0.15, 0.2) is 34.1 Å². The maximum absolute atomic E-state index is 11.2. The smallest absolute Gasteiger partial charge is 0.175 e. The number of benzene rings is 1. The molecule has 0 aliphatic carbocycles. The van der Waals surface area contributed by atoms with Crippen molar-refractivity contribution in [2.24, 2.45) is 5.92 Å². The predicted octanol–water partition coefficient (Wildman–Crippen LogP) is 2.84. The van der Waals surface area contributed by atoms with E-state index in [1.54, 1.807) is 23.9 Å². The minimum atomic E-state index is -3.06. The summed E-state index contributed by atoms with van der Waals surface area (Å²) in [7, 11) is -3.06. The number of hydrogen-bond donors (Lipinski definition) is 0. The summed E-state index contributed by atoms with van der Waals surface area (Å²) < 4.78 is 22.4. The molecule has 0 N–H and O–H groups in total. The average Bonchev–Trinajstić information content (AvgIpc) is 2.14. The molecule has 15 heavy (non-hydrogen) atoms. The molecular formula is C11H16O2S2. The molecule has 0 aliphatic rings.